The van der Waals surface area contributed by atoms with E-state index in [4.69, 9.17) is 4.74 Å². The Labute approximate surface area is 140 Å². The van der Waals surface area contributed by atoms with Gasteiger partial charge in [0, 0.05) is 27.7 Å². The second-order valence-electron chi connectivity index (χ2n) is 4.39. The van der Waals surface area contributed by atoms with Crippen LogP contribution in [0.4, 0.5) is 5.69 Å². The van der Waals surface area contributed by atoms with Crippen molar-refractivity contribution < 1.29 is 14.5 Å². The van der Waals surface area contributed by atoms with Gasteiger partial charge in [-0.25, -0.2) is 5.43 Å². The van der Waals surface area contributed by atoms with E-state index in [0.717, 1.165) is 4.47 Å². The maximum Gasteiger partial charge on any atom is 0.271 e. The zero-order valence-electron chi connectivity index (χ0n) is 12.0. The topological polar surface area (TPSA) is 93.8 Å². The summed E-state index contributed by atoms with van der Waals surface area (Å²) in [4.78, 5) is 21.9. The average Bonchev–Trinajstić information content (AvgIpc) is 2.55. The van der Waals surface area contributed by atoms with E-state index in [-0.39, 0.29) is 11.3 Å². The monoisotopic (exact) mass is 377 g/mol. The first kappa shape index (κ1) is 16.6. The minimum absolute atomic E-state index is 0.0797. The predicted octanol–water partition coefficient (Wildman–Crippen LogP) is 3.13. The van der Waals surface area contributed by atoms with Gasteiger partial charge in [0.05, 0.1) is 18.2 Å². The number of methoxy groups -OCH3 is 1. The van der Waals surface area contributed by atoms with Crippen molar-refractivity contribution in [3.8, 4) is 5.75 Å². The smallest absolute Gasteiger partial charge is 0.271 e. The normalized spacial score (nSPS) is 10.5. The molecule has 0 bridgehead atoms. The molecule has 0 aliphatic carbocycles. The fourth-order valence-corrected chi connectivity index (χ4v) is 2.14. The molecule has 2 rings (SSSR count). The van der Waals surface area contributed by atoms with Crippen molar-refractivity contribution in [1.29, 1.82) is 0 Å². The van der Waals surface area contributed by atoms with E-state index in [1.165, 1.54) is 37.6 Å². The molecule has 7 nitrogen and oxygen atoms in total. The standard InChI is InChI=1S/C15H12BrN3O4/c1-23-14-7-4-12(16)8-11(14)9-17-18-15(20)10-2-5-13(6-3-10)19(21)22/h2-9H,1H3,(H,18,20). The molecule has 118 valence electrons. The lowest BCUT2D eigenvalue weighted by Gasteiger charge is -2.04. The third-order valence-electron chi connectivity index (χ3n) is 2.90. The average molecular weight is 378 g/mol. The Bertz CT molecular complexity index is 760. The molecule has 0 aromatic heterocycles. The highest BCUT2D eigenvalue weighted by Crippen LogP contribution is 2.21. The summed E-state index contributed by atoms with van der Waals surface area (Å²) < 4.78 is 6.04. The fourth-order valence-electron chi connectivity index (χ4n) is 1.77. The number of nitro benzene ring substituents is 1. The van der Waals surface area contributed by atoms with Gasteiger partial charge in [-0.3, -0.25) is 14.9 Å². The first-order valence-electron chi connectivity index (χ1n) is 6.42. The molecule has 0 saturated heterocycles. The van der Waals surface area contributed by atoms with Crippen LogP contribution >= 0.6 is 15.9 Å². The number of hydrogen-bond donors (Lipinski definition) is 1. The van der Waals surface area contributed by atoms with Gasteiger partial charge in [0.25, 0.3) is 11.6 Å². The lowest BCUT2D eigenvalue weighted by molar-refractivity contribution is -0.384. The van der Waals surface area contributed by atoms with Crippen LogP contribution in [-0.4, -0.2) is 24.2 Å². The van der Waals surface area contributed by atoms with Crippen LogP contribution in [0.15, 0.2) is 52.0 Å². The minimum Gasteiger partial charge on any atom is -0.496 e. The lowest BCUT2D eigenvalue weighted by Crippen LogP contribution is -2.17. The number of carbonyl (C=O) groups excluding carboxylic acids is 1. The number of carbonyl (C=O) groups is 1. The second kappa shape index (κ2) is 7.50. The Morgan fingerprint density at radius 3 is 2.61 bits per heavy atom. The molecule has 23 heavy (non-hydrogen) atoms. The molecule has 2 aromatic carbocycles. The van der Waals surface area contributed by atoms with Gasteiger partial charge in [-0.15, -0.1) is 0 Å². The Morgan fingerprint density at radius 1 is 1.30 bits per heavy atom. The molecular formula is C15H12BrN3O4. The molecule has 2 aromatic rings. The largest absolute Gasteiger partial charge is 0.496 e. The third kappa shape index (κ3) is 4.36. The van der Waals surface area contributed by atoms with Crippen molar-refractivity contribution in [3.05, 3.63) is 68.2 Å². The molecule has 0 aliphatic rings. The van der Waals surface area contributed by atoms with Gasteiger partial charge in [-0.1, -0.05) is 15.9 Å². The van der Waals surface area contributed by atoms with Gasteiger partial charge in [0.15, 0.2) is 0 Å². The zero-order chi connectivity index (χ0) is 16.8. The van der Waals surface area contributed by atoms with Gasteiger partial charge in [0.1, 0.15) is 5.75 Å². The third-order valence-corrected chi connectivity index (χ3v) is 3.40. The molecule has 0 saturated carbocycles. The summed E-state index contributed by atoms with van der Waals surface area (Å²) in [7, 11) is 1.54. The molecule has 0 unspecified atom stereocenters. The maximum atomic E-state index is 11.9. The summed E-state index contributed by atoms with van der Waals surface area (Å²) in [6.45, 7) is 0. The van der Waals surface area contributed by atoms with Gasteiger partial charge >= 0.3 is 0 Å². The maximum absolute atomic E-state index is 11.9. The van der Waals surface area contributed by atoms with E-state index >= 15 is 0 Å². The number of hydrazone groups is 1. The van der Waals surface area contributed by atoms with Crippen LogP contribution < -0.4 is 10.2 Å². The Balaban J connectivity index is 2.06. The Morgan fingerprint density at radius 2 is 2.00 bits per heavy atom. The number of ether oxygens (including phenoxy) is 1. The molecule has 0 spiro atoms. The second-order valence-corrected chi connectivity index (χ2v) is 5.31. The minimum atomic E-state index is -0.528. The SMILES string of the molecule is COc1ccc(Br)cc1C=NNC(=O)c1ccc([N+](=O)[O-])cc1. The van der Waals surface area contributed by atoms with Crippen LogP contribution in [0.1, 0.15) is 15.9 Å². The number of hydrogen-bond acceptors (Lipinski definition) is 5. The van der Waals surface area contributed by atoms with E-state index in [1.54, 1.807) is 12.1 Å². The molecule has 0 heterocycles. The van der Waals surface area contributed by atoms with Gasteiger partial charge in [-0.2, -0.15) is 5.10 Å². The number of nitrogens with one attached hydrogen (secondary N) is 1. The van der Waals surface area contributed by atoms with Crippen molar-refractivity contribution in [1.82, 2.24) is 5.43 Å². The number of halogens is 1. The highest BCUT2D eigenvalue weighted by molar-refractivity contribution is 9.10. The molecule has 0 fully saturated rings. The first-order valence-corrected chi connectivity index (χ1v) is 7.22. The molecule has 0 aliphatic heterocycles. The number of benzene rings is 2. The quantitative estimate of drug-likeness (QED) is 0.491. The predicted molar refractivity (Wildman–Crippen MR) is 88.9 cm³/mol. The number of non-ortho nitro benzene ring substituents is 1. The number of rotatable bonds is 5. The number of nitro groups is 1. The summed E-state index contributed by atoms with van der Waals surface area (Å²) in [6.07, 6.45) is 1.45. The van der Waals surface area contributed by atoms with E-state index in [9.17, 15) is 14.9 Å². The molecular weight excluding hydrogens is 366 g/mol. The fraction of sp³-hybridized carbons (Fsp3) is 0.0667. The van der Waals surface area contributed by atoms with Gasteiger partial charge in [0.2, 0.25) is 0 Å². The summed E-state index contributed by atoms with van der Waals surface area (Å²) >= 11 is 3.34. The van der Waals surface area contributed by atoms with Crippen LogP contribution in [0.25, 0.3) is 0 Å². The number of amides is 1. The van der Waals surface area contributed by atoms with Crippen molar-refractivity contribution in [3.63, 3.8) is 0 Å². The van der Waals surface area contributed by atoms with Crippen LogP contribution in [0.3, 0.4) is 0 Å². The molecule has 8 heteroatoms. The van der Waals surface area contributed by atoms with Crippen molar-refractivity contribution in [2.24, 2.45) is 5.10 Å². The molecule has 0 radical (unpaired) electrons. The van der Waals surface area contributed by atoms with Crippen LogP contribution in [0, 0.1) is 10.1 Å². The zero-order valence-corrected chi connectivity index (χ0v) is 13.6. The molecule has 1 N–H and O–H groups in total. The molecule has 1 amide bonds. The summed E-state index contributed by atoms with van der Waals surface area (Å²) in [5.74, 6) is 0.145. The Hall–Kier alpha value is -2.74. The van der Waals surface area contributed by atoms with Crippen molar-refractivity contribution in [2.45, 2.75) is 0 Å². The highest BCUT2D eigenvalue weighted by Gasteiger charge is 2.08. The van der Waals surface area contributed by atoms with Crippen LogP contribution in [0.5, 0.6) is 5.75 Å². The van der Waals surface area contributed by atoms with Crippen LogP contribution in [0.2, 0.25) is 0 Å². The summed E-state index contributed by atoms with van der Waals surface area (Å²) in [5, 5.41) is 14.4. The van der Waals surface area contributed by atoms with E-state index in [2.05, 4.69) is 26.5 Å². The van der Waals surface area contributed by atoms with Gasteiger partial charge < -0.3 is 4.74 Å². The Kier molecular flexibility index (Phi) is 5.42. The first-order chi connectivity index (χ1) is 11.0. The van der Waals surface area contributed by atoms with E-state index in [0.29, 0.717) is 11.3 Å². The van der Waals surface area contributed by atoms with E-state index in [1.807, 2.05) is 6.07 Å². The lowest BCUT2D eigenvalue weighted by atomic mass is 10.2. The van der Waals surface area contributed by atoms with Crippen LogP contribution in [-0.2, 0) is 0 Å². The van der Waals surface area contributed by atoms with Gasteiger partial charge in [-0.05, 0) is 30.3 Å². The van der Waals surface area contributed by atoms with Crippen molar-refractivity contribution >= 4 is 33.7 Å². The van der Waals surface area contributed by atoms with E-state index < -0.39 is 10.8 Å². The molecule has 0 atom stereocenters. The highest BCUT2D eigenvalue weighted by atomic mass is 79.9. The summed E-state index contributed by atoms with van der Waals surface area (Å²) in [5.41, 5.74) is 3.24. The summed E-state index contributed by atoms with van der Waals surface area (Å²) in [6, 6.07) is 10.6. The number of nitrogens with zero attached hydrogens (tertiary/aromatic N) is 2. The van der Waals surface area contributed by atoms with Crippen molar-refractivity contribution in [2.75, 3.05) is 7.11 Å².